The number of nitrogens with two attached hydrogens (primary N) is 1. The first-order chi connectivity index (χ1) is 6.74. The van der Waals surface area contributed by atoms with Gasteiger partial charge < -0.3 is 14.9 Å². The van der Waals surface area contributed by atoms with E-state index >= 15 is 0 Å². The predicted octanol–water partition coefficient (Wildman–Crippen LogP) is 2.36. The summed E-state index contributed by atoms with van der Waals surface area (Å²) in [6, 6.07) is 7.58. The summed E-state index contributed by atoms with van der Waals surface area (Å²) in [6.07, 6.45) is 1.56. The van der Waals surface area contributed by atoms with Crippen LogP contribution in [0.15, 0.2) is 34.9 Å². The number of aromatic nitrogens is 1. The lowest BCUT2D eigenvalue weighted by atomic mass is 10.2. The third-order valence-electron chi connectivity index (χ3n) is 1.73. The zero-order chi connectivity index (χ0) is 9.97. The maximum absolute atomic E-state index is 5.35. The van der Waals surface area contributed by atoms with Gasteiger partial charge in [0.05, 0.1) is 6.20 Å². The fourth-order valence-corrected chi connectivity index (χ4v) is 1.02. The molecule has 0 spiro atoms. The molecule has 2 N–H and O–H groups in total. The van der Waals surface area contributed by atoms with E-state index in [1.165, 1.54) is 11.8 Å². The maximum atomic E-state index is 5.35. The summed E-state index contributed by atoms with van der Waals surface area (Å²) in [5.74, 6) is 0.921. The molecule has 0 fully saturated rings. The summed E-state index contributed by atoms with van der Waals surface area (Å²) in [5.41, 5.74) is 6.52. The topological polar surface area (TPSA) is 61.3 Å². The van der Waals surface area contributed by atoms with Crippen molar-refractivity contribution in [3.8, 4) is 11.8 Å². The molecule has 0 unspecified atom stereocenters. The fraction of sp³-hybridized carbons (Fsp3) is 0.100. The molecule has 0 aliphatic carbocycles. The molecule has 0 amide bonds. The van der Waals surface area contributed by atoms with Crippen LogP contribution >= 0.6 is 0 Å². The molecule has 0 saturated carbocycles. The Balaban J connectivity index is 2.15. The van der Waals surface area contributed by atoms with Gasteiger partial charge in [0.2, 0.25) is 5.88 Å². The number of ether oxygens (including phenoxy) is 1. The number of anilines is 1. The van der Waals surface area contributed by atoms with Crippen molar-refractivity contribution in [2.45, 2.75) is 6.92 Å². The summed E-state index contributed by atoms with van der Waals surface area (Å²) in [7, 11) is 0. The quantitative estimate of drug-likeness (QED) is 0.789. The van der Waals surface area contributed by atoms with Crippen LogP contribution in [-0.2, 0) is 0 Å². The van der Waals surface area contributed by atoms with Crippen LogP contribution < -0.4 is 10.5 Å². The number of oxazole rings is 1. The minimum atomic E-state index is 0.159. The summed E-state index contributed by atoms with van der Waals surface area (Å²) in [5, 5.41) is 0. The van der Waals surface area contributed by atoms with Gasteiger partial charge in [0.25, 0.3) is 0 Å². The Kier molecular flexibility index (Phi) is 2.10. The number of hydrogen-bond acceptors (Lipinski definition) is 4. The van der Waals surface area contributed by atoms with Gasteiger partial charge in [-0.05, 0) is 19.1 Å². The highest BCUT2D eigenvalue weighted by molar-refractivity contribution is 5.29. The van der Waals surface area contributed by atoms with Crippen LogP contribution in [-0.4, -0.2) is 4.98 Å². The van der Waals surface area contributed by atoms with E-state index in [0.29, 0.717) is 5.75 Å². The summed E-state index contributed by atoms with van der Waals surface area (Å²) < 4.78 is 10.3. The Morgan fingerprint density at radius 2 is 2.00 bits per heavy atom. The van der Waals surface area contributed by atoms with E-state index in [1.807, 2.05) is 31.2 Å². The molecule has 1 heterocycles. The molecule has 1 aromatic heterocycles. The van der Waals surface area contributed by atoms with Gasteiger partial charge in [-0.15, -0.1) is 0 Å². The molecule has 0 bridgehead atoms. The molecule has 0 saturated heterocycles. The molecule has 2 rings (SSSR count). The average Bonchev–Trinajstić information content (AvgIpc) is 2.56. The van der Waals surface area contributed by atoms with E-state index in [1.54, 1.807) is 0 Å². The number of nitrogens with zero attached hydrogens (tertiary/aromatic N) is 1. The number of rotatable bonds is 2. The van der Waals surface area contributed by atoms with Crippen molar-refractivity contribution in [3.05, 3.63) is 36.0 Å². The van der Waals surface area contributed by atoms with Crippen molar-refractivity contribution >= 4 is 5.88 Å². The molecule has 4 nitrogen and oxygen atoms in total. The molecule has 0 radical (unpaired) electrons. The van der Waals surface area contributed by atoms with Gasteiger partial charge in [-0.2, -0.15) is 4.98 Å². The zero-order valence-corrected chi connectivity index (χ0v) is 7.73. The van der Waals surface area contributed by atoms with Crippen LogP contribution in [0, 0.1) is 6.92 Å². The Hall–Kier alpha value is -1.97. The van der Waals surface area contributed by atoms with Gasteiger partial charge in [-0.25, -0.2) is 0 Å². The third kappa shape index (κ3) is 1.85. The molecule has 72 valence electrons. The molecule has 2 aromatic rings. The molecule has 0 aliphatic heterocycles. The van der Waals surface area contributed by atoms with E-state index < -0.39 is 0 Å². The monoisotopic (exact) mass is 190 g/mol. The Morgan fingerprint density at radius 1 is 1.29 bits per heavy atom. The number of nitrogen functional groups attached to an aromatic ring is 1. The van der Waals surface area contributed by atoms with E-state index in [4.69, 9.17) is 14.9 Å². The van der Waals surface area contributed by atoms with Crippen LogP contribution in [0.5, 0.6) is 11.8 Å². The van der Waals surface area contributed by atoms with Crippen LogP contribution in [0.1, 0.15) is 5.56 Å². The standard InChI is InChI=1S/C10H10N2O2/c1-7-2-4-8(5-3-7)13-10-12-6-9(11)14-10/h2-6H,11H2,1H3. The number of hydrogen-bond donors (Lipinski definition) is 1. The van der Waals surface area contributed by atoms with Crippen LogP contribution in [0.4, 0.5) is 5.88 Å². The second-order valence-corrected chi connectivity index (χ2v) is 2.94. The zero-order valence-electron chi connectivity index (χ0n) is 7.73. The van der Waals surface area contributed by atoms with E-state index in [2.05, 4.69) is 4.98 Å². The SMILES string of the molecule is Cc1ccc(Oc2ncc(N)o2)cc1. The largest absolute Gasteiger partial charge is 0.411 e. The minimum absolute atomic E-state index is 0.159. The molecular weight excluding hydrogens is 180 g/mol. The van der Waals surface area contributed by atoms with Crippen molar-refractivity contribution in [1.29, 1.82) is 0 Å². The normalized spacial score (nSPS) is 10.1. The first kappa shape index (κ1) is 8.62. The molecule has 4 heteroatoms. The lowest BCUT2D eigenvalue weighted by molar-refractivity contribution is 0.337. The average molecular weight is 190 g/mol. The van der Waals surface area contributed by atoms with Gasteiger partial charge in [-0.3, -0.25) is 0 Å². The predicted molar refractivity (Wildman–Crippen MR) is 52.2 cm³/mol. The second-order valence-electron chi connectivity index (χ2n) is 2.94. The van der Waals surface area contributed by atoms with Crippen LogP contribution in [0.25, 0.3) is 0 Å². The van der Waals surface area contributed by atoms with Crippen molar-refractivity contribution in [1.82, 2.24) is 4.98 Å². The Bertz CT molecular complexity index is 420. The molecule has 14 heavy (non-hydrogen) atoms. The van der Waals surface area contributed by atoms with Crippen molar-refractivity contribution < 1.29 is 9.15 Å². The molecule has 0 atom stereocenters. The second kappa shape index (κ2) is 3.41. The molecule has 1 aromatic carbocycles. The van der Waals surface area contributed by atoms with Gasteiger partial charge >= 0.3 is 6.08 Å². The Labute approximate surface area is 81.3 Å². The highest BCUT2D eigenvalue weighted by Gasteiger charge is 2.02. The highest BCUT2D eigenvalue weighted by atomic mass is 16.6. The third-order valence-corrected chi connectivity index (χ3v) is 1.73. The summed E-state index contributed by atoms with van der Waals surface area (Å²) >= 11 is 0. The smallest absolute Gasteiger partial charge is 0.400 e. The van der Waals surface area contributed by atoms with Gasteiger partial charge in [0.1, 0.15) is 5.75 Å². The van der Waals surface area contributed by atoms with Crippen LogP contribution in [0.2, 0.25) is 0 Å². The fourth-order valence-electron chi connectivity index (χ4n) is 1.02. The van der Waals surface area contributed by atoms with E-state index in [-0.39, 0.29) is 12.0 Å². The van der Waals surface area contributed by atoms with Crippen molar-refractivity contribution in [2.24, 2.45) is 0 Å². The summed E-state index contributed by atoms with van der Waals surface area (Å²) in [6.45, 7) is 2.01. The minimum Gasteiger partial charge on any atom is -0.411 e. The summed E-state index contributed by atoms with van der Waals surface area (Å²) in [4.78, 5) is 3.82. The first-order valence-corrected chi connectivity index (χ1v) is 4.20. The van der Waals surface area contributed by atoms with Gasteiger partial charge in [-0.1, -0.05) is 17.7 Å². The first-order valence-electron chi connectivity index (χ1n) is 4.20. The van der Waals surface area contributed by atoms with Crippen molar-refractivity contribution in [3.63, 3.8) is 0 Å². The Morgan fingerprint density at radius 3 is 2.57 bits per heavy atom. The van der Waals surface area contributed by atoms with Crippen LogP contribution in [0.3, 0.4) is 0 Å². The van der Waals surface area contributed by atoms with E-state index in [9.17, 15) is 0 Å². The van der Waals surface area contributed by atoms with Gasteiger partial charge in [0.15, 0.2) is 0 Å². The van der Waals surface area contributed by atoms with E-state index in [0.717, 1.165) is 0 Å². The molecule has 0 aliphatic rings. The van der Waals surface area contributed by atoms with Crippen molar-refractivity contribution in [2.75, 3.05) is 5.73 Å². The number of benzene rings is 1. The lowest BCUT2D eigenvalue weighted by Gasteiger charge is -1.99. The van der Waals surface area contributed by atoms with Gasteiger partial charge in [0, 0.05) is 0 Å². The molecular formula is C10H10N2O2. The highest BCUT2D eigenvalue weighted by Crippen LogP contribution is 2.21. The maximum Gasteiger partial charge on any atom is 0.400 e. The lowest BCUT2D eigenvalue weighted by Crippen LogP contribution is -1.83. The number of aryl methyl sites for hydroxylation is 1.